The van der Waals surface area contributed by atoms with Gasteiger partial charge in [0.25, 0.3) is 0 Å². The van der Waals surface area contributed by atoms with Crippen LogP contribution in [0.25, 0.3) is 22.2 Å². The van der Waals surface area contributed by atoms with Gasteiger partial charge in [0, 0.05) is 10.9 Å². The lowest BCUT2D eigenvalue weighted by Crippen LogP contribution is -1.97. The van der Waals surface area contributed by atoms with Gasteiger partial charge in [-0.15, -0.1) is 0 Å². The molecule has 0 spiro atoms. The standard InChI is InChI=1S/C20H18N/c1-13-14(2)19(16-7-4-3-5-8-16)21-20-17(13)9-6-10-18(20)15-11-12-15/h3-10,15H,1,11-12H2,2H3. The molecule has 0 aliphatic heterocycles. The number of nitrogens with zero attached hydrogens (tertiary/aromatic N) is 1. The van der Waals surface area contributed by atoms with Crippen LogP contribution in [0, 0.1) is 13.8 Å². The Labute approximate surface area is 125 Å². The Hall–Kier alpha value is -2.15. The Morgan fingerprint density at radius 2 is 1.76 bits per heavy atom. The van der Waals surface area contributed by atoms with Gasteiger partial charge in [0.2, 0.25) is 0 Å². The zero-order valence-electron chi connectivity index (χ0n) is 12.3. The van der Waals surface area contributed by atoms with Crippen LogP contribution < -0.4 is 0 Å². The lowest BCUT2D eigenvalue weighted by atomic mass is 9.96. The first-order valence-corrected chi connectivity index (χ1v) is 7.56. The molecule has 4 rings (SSSR count). The zero-order valence-corrected chi connectivity index (χ0v) is 12.3. The van der Waals surface area contributed by atoms with Crippen molar-refractivity contribution in [2.45, 2.75) is 25.7 Å². The van der Waals surface area contributed by atoms with E-state index in [1.54, 1.807) is 0 Å². The molecule has 103 valence electrons. The molecule has 1 fully saturated rings. The molecule has 2 aromatic carbocycles. The minimum Gasteiger partial charge on any atom is -0.247 e. The fourth-order valence-electron chi connectivity index (χ4n) is 3.07. The lowest BCUT2D eigenvalue weighted by Gasteiger charge is -2.14. The average molecular weight is 272 g/mol. The molecular weight excluding hydrogens is 254 g/mol. The van der Waals surface area contributed by atoms with Crippen molar-refractivity contribution < 1.29 is 0 Å². The minimum atomic E-state index is 0.701. The maximum atomic E-state index is 5.03. The zero-order chi connectivity index (χ0) is 14.4. The second-order valence-corrected chi connectivity index (χ2v) is 5.95. The van der Waals surface area contributed by atoms with Crippen LogP contribution in [0.4, 0.5) is 0 Å². The highest BCUT2D eigenvalue weighted by atomic mass is 14.7. The molecule has 1 nitrogen and oxygen atoms in total. The van der Waals surface area contributed by atoms with E-state index in [4.69, 9.17) is 4.98 Å². The quantitative estimate of drug-likeness (QED) is 0.619. The summed E-state index contributed by atoms with van der Waals surface area (Å²) in [6, 6.07) is 17.0. The van der Waals surface area contributed by atoms with E-state index in [1.807, 2.05) is 6.07 Å². The highest BCUT2D eigenvalue weighted by Crippen LogP contribution is 2.43. The van der Waals surface area contributed by atoms with Gasteiger partial charge >= 0.3 is 0 Å². The van der Waals surface area contributed by atoms with Crippen molar-refractivity contribution in [1.82, 2.24) is 4.98 Å². The summed E-state index contributed by atoms with van der Waals surface area (Å²) in [5.41, 5.74) is 7.08. The van der Waals surface area contributed by atoms with Gasteiger partial charge in [-0.25, -0.2) is 4.98 Å². The van der Waals surface area contributed by atoms with Crippen LogP contribution in [0.2, 0.25) is 0 Å². The number of benzene rings is 2. The predicted molar refractivity (Wildman–Crippen MR) is 88.4 cm³/mol. The van der Waals surface area contributed by atoms with Gasteiger partial charge in [-0.2, -0.15) is 0 Å². The van der Waals surface area contributed by atoms with Crippen LogP contribution >= 0.6 is 0 Å². The summed E-state index contributed by atoms with van der Waals surface area (Å²) < 4.78 is 0. The van der Waals surface area contributed by atoms with Crippen molar-refractivity contribution in [2.75, 3.05) is 0 Å². The Kier molecular flexibility index (Phi) is 2.81. The molecule has 1 aliphatic carbocycles. The fraction of sp³-hybridized carbons (Fsp3) is 0.200. The molecule has 0 atom stereocenters. The average Bonchev–Trinajstić information content (AvgIpc) is 3.36. The van der Waals surface area contributed by atoms with E-state index in [9.17, 15) is 0 Å². The van der Waals surface area contributed by atoms with E-state index in [-0.39, 0.29) is 0 Å². The molecule has 0 unspecified atom stereocenters. The molecule has 0 bridgehead atoms. The molecule has 1 radical (unpaired) electrons. The normalized spacial score (nSPS) is 14.6. The molecule has 0 saturated heterocycles. The van der Waals surface area contributed by atoms with E-state index in [1.165, 1.54) is 34.9 Å². The molecule has 1 aliphatic rings. The van der Waals surface area contributed by atoms with Gasteiger partial charge in [-0.1, -0.05) is 48.5 Å². The predicted octanol–water partition coefficient (Wildman–Crippen LogP) is 5.27. The summed E-state index contributed by atoms with van der Waals surface area (Å²) in [4.78, 5) is 5.03. The first kappa shape index (κ1) is 12.6. The smallest absolute Gasteiger partial charge is 0.0747 e. The van der Waals surface area contributed by atoms with Crippen LogP contribution in [0.3, 0.4) is 0 Å². The van der Waals surface area contributed by atoms with Gasteiger partial charge in [0.1, 0.15) is 0 Å². The van der Waals surface area contributed by atoms with E-state index < -0.39 is 0 Å². The highest BCUT2D eigenvalue weighted by molar-refractivity contribution is 5.90. The molecule has 21 heavy (non-hydrogen) atoms. The Morgan fingerprint density at radius 1 is 1.00 bits per heavy atom. The third-order valence-electron chi connectivity index (χ3n) is 4.49. The molecule has 3 aromatic rings. The van der Waals surface area contributed by atoms with Crippen molar-refractivity contribution in [3.05, 3.63) is 72.1 Å². The first-order valence-electron chi connectivity index (χ1n) is 7.56. The van der Waals surface area contributed by atoms with Crippen molar-refractivity contribution >= 4 is 10.9 Å². The SMILES string of the molecule is [CH2]c1c(C)c(-c2ccccc2)nc2c(C3CC3)cccc12. The molecular formula is C20H18N. The molecule has 0 amide bonds. The monoisotopic (exact) mass is 272 g/mol. The van der Waals surface area contributed by atoms with Crippen LogP contribution in [-0.2, 0) is 0 Å². The lowest BCUT2D eigenvalue weighted by molar-refractivity contribution is 1.13. The topological polar surface area (TPSA) is 12.9 Å². The summed E-state index contributed by atoms with van der Waals surface area (Å²) in [6.45, 7) is 6.44. The number of fused-ring (bicyclic) bond motifs is 1. The van der Waals surface area contributed by atoms with Crippen LogP contribution in [0.15, 0.2) is 48.5 Å². The minimum absolute atomic E-state index is 0.701. The molecule has 1 aromatic heterocycles. The van der Waals surface area contributed by atoms with Crippen molar-refractivity contribution in [2.24, 2.45) is 0 Å². The highest BCUT2D eigenvalue weighted by Gasteiger charge is 2.26. The molecule has 1 saturated carbocycles. The van der Waals surface area contributed by atoms with Crippen molar-refractivity contribution in [1.29, 1.82) is 0 Å². The number of hydrogen-bond donors (Lipinski definition) is 0. The second kappa shape index (κ2) is 4.70. The van der Waals surface area contributed by atoms with Crippen LogP contribution in [0.1, 0.15) is 35.4 Å². The van der Waals surface area contributed by atoms with Crippen LogP contribution in [-0.4, -0.2) is 4.98 Å². The number of pyridine rings is 1. The largest absolute Gasteiger partial charge is 0.247 e. The molecule has 1 heteroatoms. The third kappa shape index (κ3) is 2.04. The van der Waals surface area contributed by atoms with Gasteiger partial charge in [0.05, 0.1) is 11.2 Å². The summed E-state index contributed by atoms with van der Waals surface area (Å²) in [7, 11) is 0. The van der Waals surface area contributed by atoms with E-state index >= 15 is 0 Å². The number of aromatic nitrogens is 1. The number of para-hydroxylation sites is 1. The van der Waals surface area contributed by atoms with Crippen LogP contribution in [0.5, 0.6) is 0 Å². The maximum Gasteiger partial charge on any atom is 0.0747 e. The Morgan fingerprint density at radius 3 is 2.48 bits per heavy atom. The summed E-state index contributed by atoms with van der Waals surface area (Å²) >= 11 is 0. The number of rotatable bonds is 2. The Bertz CT molecular complexity index is 814. The Balaban J connectivity index is 2.04. The fourth-order valence-corrected chi connectivity index (χ4v) is 3.07. The third-order valence-corrected chi connectivity index (χ3v) is 4.49. The molecule has 1 heterocycles. The summed E-state index contributed by atoms with van der Waals surface area (Å²) in [6.07, 6.45) is 2.59. The maximum absolute atomic E-state index is 5.03. The second-order valence-electron chi connectivity index (χ2n) is 5.95. The van der Waals surface area contributed by atoms with Crippen molar-refractivity contribution in [3.63, 3.8) is 0 Å². The van der Waals surface area contributed by atoms with E-state index in [0.717, 1.165) is 16.8 Å². The van der Waals surface area contributed by atoms with Crippen molar-refractivity contribution in [3.8, 4) is 11.3 Å². The number of hydrogen-bond acceptors (Lipinski definition) is 1. The van der Waals surface area contributed by atoms with E-state index in [2.05, 4.69) is 56.3 Å². The summed E-state index contributed by atoms with van der Waals surface area (Å²) in [5.74, 6) is 0.701. The molecule has 0 N–H and O–H groups in total. The van der Waals surface area contributed by atoms with E-state index in [0.29, 0.717) is 5.92 Å². The van der Waals surface area contributed by atoms with Gasteiger partial charge in [-0.05, 0) is 49.3 Å². The van der Waals surface area contributed by atoms with Gasteiger partial charge in [0.15, 0.2) is 0 Å². The summed E-state index contributed by atoms with van der Waals surface area (Å²) in [5, 5.41) is 1.21. The van der Waals surface area contributed by atoms with Gasteiger partial charge < -0.3 is 0 Å². The first-order chi connectivity index (χ1) is 10.3. The van der Waals surface area contributed by atoms with Gasteiger partial charge in [-0.3, -0.25) is 0 Å².